The minimum Gasteiger partial charge on any atom is -0.497 e. The lowest BCUT2D eigenvalue weighted by atomic mass is 10.0. The third-order valence-corrected chi connectivity index (χ3v) is 6.74. The second kappa shape index (κ2) is 8.69. The number of fused-ring (bicyclic) bond motifs is 1. The number of rotatable bonds is 4. The standard InChI is InChI=1S/C26H28N2O4/c1-31-20-11-12-21-22(17-20)32-24(23(21)18-7-3-2-4-8-18)26(30)28-15-13-27(14-16-28)25(29)19-9-5-6-10-19/h2-4,7-8,11-12,17,19H,5-6,9-10,13-16H2,1H3. The fraction of sp³-hybridized carbons (Fsp3) is 0.385. The first-order valence-corrected chi connectivity index (χ1v) is 11.4. The summed E-state index contributed by atoms with van der Waals surface area (Å²) in [5, 5.41) is 0.885. The molecule has 2 aromatic carbocycles. The monoisotopic (exact) mass is 432 g/mol. The van der Waals surface area contributed by atoms with Crippen LogP contribution in [0.5, 0.6) is 5.75 Å². The highest BCUT2D eigenvalue weighted by Crippen LogP contribution is 2.37. The molecular weight excluding hydrogens is 404 g/mol. The van der Waals surface area contributed by atoms with Crippen LogP contribution in [-0.2, 0) is 4.79 Å². The zero-order valence-corrected chi connectivity index (χ0v) is 18.4. The number of piperazine rings is 1. The van der Waals surface area contributed by atoms with Crippen molar-refractivity contribution in [2.45, 2.75) is 25.7 Å². The molecule has 0 spiro atoms. The van der Waals surface area contributed by atoms with E-state index in [1.54, 1.807) is 12.0 Å². The van der Waals surface area contributed by atoms with Crippen LogP contribution in [-0.4, -0.2) is 54.9 Å². The molecule has 3 aromatic rings. The summed E-state index contributed by atoms with van der Waals surface area (Å²) in [6, 6.07) is 15.5. The maximum Gasteiger partial charge on any atom is 0.290 e. The smallest absolute Gasteiger partial charge is 0.290 e. The van der Waals surface area contributed by atoms with Gasteiger partial charge in [-0.25, -0.2) is 0 Å². The predicted octanol–water partition coefficient (Wildman–Crippen LogP) is 4.58. The van der Waals surface area contributed by atoms with Crippen LogP contribution in [0.1, 0.15) is 36.2 Å². The molecule has 1 aromatic heterocycles. The third-order valence-electron chi connectivity index (χ3n) is 6.74. The number of hydrogen-bond acceptors (Lipinski definition) is 4. The van der Waals surface area contributed by atoms with E-state index in [2.05, 4.69) is 0 Å². The molecule has 1 saturated carbocycles. The van der Waals surface area contributed by atoms with Crippen LogP contribution in [0, 0.1) is 5.92 Å². The fourth-order valence-corrected chi connectivity index (χ4v) is 4.95. The van der Waals surface area contributed by atoms with Crippen LogP contribution >= 0.6 is 0 Å². The first-order valence-electron chi connectivity index (χ1n) is 11.4. The Morgan fingerprint density at radius 2 is 1.62 bits per heavy atom. The Morgan fingerprint density at radius 3 is 2.31 bits per heavy atom. The molecule has 6 heteroatoms. The van der Waals surface area contributed by atoms with Gasteiger partial charge in [-0.05, 0) is 30.5 Å². The minimum atomic E-state index is -0.132. The van der Waals surface area contributed by atoms with Gasteiger partial charge in [-0.3, -0.25) is 9.59 Å². The zero-order valence-electron chi connectivity index (χ0n) is 18.4. The summed E-state index contributed by atoms with van der Waals surface area (Å²) >= 11 is 0. The van der Waals surface area contributed by atoms with Gasteiger partial charge in [0.2, 0.25) is 11.7 Å². The number of furan rings is 1. The summed E-state index contributed by atoms with van der Waals surface area (Å²) in [7, 11) is 1.61. The summed E-state index contributed by atoms with van der Waals surface area (Å²) in [6.07, 6.45) is 4.30. The lowest BCUT2D eigenvalue weighted by molar-refractivity contribution is -0.136. The van der Waals surface area contributed by atoms with Gasteiger partial charge < -0.3 is 19.0 Å². The summed E-state index contributed by atoms with van der Waals surface area (Å²) in [4.78, 5) is 30.0. The Balaban J connectivity index is 1.41. The van der Waals surface area contributed by atoms with Gasteiger partial charge in [0.15, 0.2) is 0 Å². The van der Waals surface area contributed by atoms with E-state index in [0.29, 0.717) is 43.3 Å². The Morgan fingerprint density at radius 1 is 0.938 bits per heavy atom. The zero-order chi connectivity index (χ0) is 22.1. The van der Waals surface area contributed by atoms with Gasteiger partial charge in [-0.15, -0.1) is 0 Å². The van der Waals surface area contributed by atoms with Gasteiger partial charge in [0.05, 0.1) is 7.11 Å². The highest BCUT2D eigenvalue weighted by molar-refractivity contribution is 6.08. The second-order valence-corrected chi connectivity index (χ2v) is 8.63. The Hall–Kier alpha value is -3.28. The molecule has 0 atom stereocenters. The third kappa shape index (κ3) is 3.74. The van der Waals surface area contributed by atoms with Crippen molar-refractivity contribution >= 4 is 22.8 Å². The van der Waals surface area contributed by atoms with Crippen molar-refractivity contribution < 1.29 is 18.7 Å². The number of amides is 2. The Bertz CT molecular complexity index is 1120. The summed E-state index contributed by atoms with van der Waals surface area (Å²) < 4.78 is 11.5. The molecule has 0 N–H and O–H groups in total. The molecule has 2 amide bonds. The minimum absolute atomic E-state index is 0.132. The van der Waals surface area contributed by atoms with E-state index in [1.807, 2.05) is 53.4 Å². The average Bonchev–Trinajstić information content (AvgIpc) is 3.51. The molecule has 2 fully saturated rings. The topological polar surface area (TPSA) is 63.0 Å². The van der Waals surface area contributed by atoms with E-state index in [1.165, 1.54) is 0 Å². The molecule has 0 bridgehead atoms. The SMILES string of the molecule is COc1ccc2c(-c3ccccc3)c(C(=O)N3CCN(C(=O)C4CCCC4)CC3)oc2c1. The van der Waals surface area contributed by atoms with Crippen molar-refractivity contribution in [1.82, 2.24) is 9.80 Å². The molecule has 0 radical (unpaired) electrons. The van der Waals surface area contributed by atoms with E-state index < -0.39 is 0 Å². The Kier molecular flexibility index (Phi) is 5.60. The number of benzene rings is 2. The summed E-state index contributed by atoms with van der Waals surface area (Å²) in [5.41, 5.74) is 2.37. The van der Waals surface area contributed by atoms with Crippen LogP contribution in [0.25, 0.3) is 22.1 Å². The van der Waals surface area contributed by atoms with Crippen LogP contribution in [0.2, 0.25) is 0 Å². The summed E-state index contributed by atoms with van der Waals surface area (Å²) in [5.74, 6) is 1.33. The van der Waals surface area contributed by atoms with Crippen LogP contribution in [0.15, 0.2) is 52.9 Å². The second-order valence-electron chi connectivity index (χ2n) is 8.63. The van der Waals surface area contributed by atoms with Gasteiger partial charge in [-0.2, -0.15) is 0 Å². The number of nitrogens with zero attached hydrogens (tertiary/aromatic N) is 2. The van der Waals surface area contributed by atoms with Crippen LogP contribution < -0.4 is 4.74 Å². The number of carbonyl (C=O) groups is 2. The van der Waals surface area contributed by atoms with Gasteiger partial charge in [0.1, 0.15) is 11.3 Å². The lowest BCUT2D eigenvalue weighted by Gasteiger charge is -2.35. The maximum atomic E-state index is 13.5. The molecule has 1 aliphatic heterocycles. The molecule has 0 unspecified atom stereocenters. The molecule has 1 aliphatic carbocycles. The van der Waals surface area contributed by atoms with Gasteiger partial charge in [-0.1, -0.05) is 43.2 Å². The highest BCUT2D eigenvalue weighted by atomic mass is 16.5. The highest BCUT2D eigenvalue weighted by Gasteiger charge is 2.33. The molecular formula is C26H28N2O4. The van der Waals surface area contributed by atoms with Crippen LogP contribution in [0.3, 0.4) is 0 Å². The van der Waals surface area contributed by atoms with Gasteiger partial charge in [0, 0.05) is 49.1 Å². The lowest BCUT2D eigenvalue weighted by Crippen LogP contribution is -2.51. The molecule has 166 valence electrons. The van der Waals surface area contributed by atoms with E-state index >= 15 is 0 Å². The summed E-state index contributed by atoms with van der Waals surface area (Å²) in [6.45, 7) is 2.20. The van der Waals surface area contributed by atoms with Gasteiger partial charge in [0.25, 0.3) is 5.91 Å². The fourth-order valence-electron chi connectivity index (χ4n) is 4.95. The molecule has 2 heterocycles. The number of methoxy groups -OCH3 is 1. The largest absolute Gasteiger partial charge is 0.497 e. The number of hydrogen-bond donors (Lipinski definition) is 0. The van der Waals surface area contributed by atoms with E-state index in [9.17, 15) is 9.59 Å². The molecule has 5 rings (SSSR count). The number of ether oxygens (including phenoxy) is 1. The van der Waals surface area contributed by atoms with Crippen LogP contribution in [0.4, 0.5) is 0 Å². The first-order chi connectivity index (χ1) is 15.7. The number of carbonyl (C=O) groups excluding carboxylic acids is 2. The molecule has 2 aliphatic rings. The molecule has 32 heavy (non-hydrogen) atoms. The van der Waals surface area contributed by atoms with Crippen molar-refractivity contribution in [1.29, 1.82) is 0 Å². The molecule has 6 nitrogen and oxygen atoms in total. The van der Waals surface area contributed by atoms with Crippen molar-refractivity contribution in [2.24, 2.45) is 5.92 Å². The molecule has 1 saturated heterocycles. The predicted molar refractivity (Wildman–Crippen MR) is 123 cm³/mol. The van der Waals surface area contributed by atoms with E-state index in [0.717, 1.165) is 42.2 Å². The van der Waals surface area contributed by atoms with Gasteiger partial charge >= 0.3 is 0 Å². The van der Waals surface area contributed by atoms with Crippen molar-refractivity contribution in [3.63, 3.8) is 0 Å². The first kappa shape index (κ1) is 20.6. The van der Waals surface area contributed by atoms with Crippen molar-refractivity contribution in [3.05, 3.63) is 54.3 Å². The van der Waals surface area contributed by atoms with E-state index in [-0.39, 0.29) is 17.7 Å². The van der Waals surface area contributed by atoms with Crippen molar-refractivity contribution in [2.75, 3.05) is 33.3 Å². The average molecular weight is 433 g/mol. The normalized spacial score (nSPS) is 17.2. The maximum absolute atomic E-state index is 13.5. The quantitative estimate of drug-likeness (QED) is 0.605. The Labute approximate surface area is 187 Å². The van der Waals surface area contributed by atoms with E-state index in [4.69, 9.17) is 9.15 Å². The van der Waals surface area contributed by atoms with Crippen molar-refractivity contribution in [3.8, 4) is 16.9 Å².